The number of benzene rings is 1. The van der Waals surface area contributed by atoms with Gasteiger partial charge < -0.3 is 15.9 Å². The zero-order valence-electron chi connectivity index (χ0n) is 15.3. The first kappa shape index (κ1) is 22.0. The van der Waals surface area contributed by atoms with Crippen LogP contribution in [0.2, 0.25) is 0 Å². The molecule has 0 aliphatic carbocycles. The second-order valence-corrected chi connectivity index (χ2v) is 7.77. The molecule has 2 unspecified atom stereocenters. The van der Waals surface area contributed by atoms with E-state index in [-0.39, 0.29) is 19.3 Å². The third-order valence-electron chi connectivity index (χ3n) is 4.25. The lowest BCUT2D eigenvalue weighted by Gasteiger charge is -2.27. The molecule has 4 N–H and O–H groups in total. The van der Waals surface area contributed by atoms with Gasteiger partial charge in [-0.1, -0.05) is 49.8 Å². The van der Waals surface area contributed by atoms with Crippen molar-refractivity contribution in [3.63, 3.8) is 0 Å². The summed E-state index contributed by atoms with van der Waals surface area (Å²) in [6, 6.07) is 7.79. The molecule has 0 fully saturated rings. The van der Waals surface area contributed by atoms with Crippen LogP contribution in [0.4, 0.5) is 0 Å². The van der Waals surface area contributed by atoms with Crippen molar-refractivity contribution < 1.29 is 24.4 Å². The van der Waals surface area contributed by atoms with E-state index in [2.05, 4.69) is 13.8 Å². The average molecular weight is 379 g/mol. The molecule has 1 amide bonds. The molecule has 7 heteroatoms. The molecule has 0 aromatic heterocycles. The molecular weight excluding hydrogens is 353 g/mol. The van der Waals surface area contributed by atoms with Crippen molar-refractivity contribution in [2.24, 2.45) is 11.7 Å². The highest BCUT2D eigenvalue weighted by atomic mass is 31.1. The molecule has 2 atom stereocenters. The monoisotopic (exact) mass is 379 g/mol. The zero-order chi connectivity index (χ0) is 19.9. The van der Waals surface area contributed by atoms with Crippen LogP contribution in [-0.4, -0.2) is 27.4 Å². The van der Waals surface area contributed by atoms with E-state index in [1.54, 1.807) is 6.92 Å². The number of carbonyl (C=O) groups excluding carboxylic acids is 1. The van der Waals surface area contributed by atoms with Crippen molar-refractivity contribution >= 4 is 26.4 Å². The normalized spacial score (nSPS) is 15.7. The molecule has 0 bridgehead atoms. The highest BCUT2D eigenvalue weighted by Crippen LogP contribution is 2.38. The Morgan fingerprint density at radius 3 is 2.42 bits per heavy atom. The van der Waals surface area contributed by atoms with E-state index >= 15 is 0 Å². The summed E-state index contributed by atoms with van der Waals surface area (Å²) in [5.74, 6) is -3.04. The summed E-state index contributed by atoms with van der Waals surface area (Å²) < 4.78 is 11.6. The first-order chi connectivity index (χ1) is 12.1. The number of carboxylic acids is 1. The fourth-order valence-corrected chi connectivity index (χ4v) is 3.63. The van der Waals surface area contributed by atoms with Gasteiger partial charge in [0.25, 0.3) is 0 Å². The van der Waals surface area contributed by atoms with Crippen LogP contribution in [0.3, 0.4) is 0 Å². The van der Waals surface area contributed by atoms with E-state index < -0.39 is 31.6 Å². The van der Waals surface area contributed by atoms with Gasteiger partial charge in [-0.25, -0.2) is 0 Å². The number of primary amides is 1. The van der Waals surface area contributed by atoms with Gasteiger partial charge in [-0.15, -0.1) is 0 Å². The fraction of sp³-hybridized carbons (Fsp3) is 0.474. The number of aliphatic hydroxyl groups is 1. The van der Waals surface area contributed by atoms with Crippen LogP contribution in [0.15, 0.2) is 29.8 Å². The van der Waals surface area contributed by atoms with Crippen LogP contribution in [0, 0.1) is 5.92 Å². The lowest BCUT2D eigenvalue weighted by Crippen LogP contribution is -2.38. The summed E-state index contributed by atoms with van der Waals surface area (Å²) in [5, 5.41) is 18.1. The van der Waals surface area contributed by atoms with E-state index in [1.165, 1.54) is 0 Å². The van der Waals surface area contributed by atoms with Crippen LogP contribution >= 0.6 is 8.46 Å². The molecule has 0 saturated heterocycles. The Hall–Kier alpha value is -2.04. The summed E-state index contributed by atoms with van der Waals surface area (Å²) in [4.78, 5) is 22.5. The first-order valence-corrected chi connectivity index (χ1v) is 9.26. The topological polar surface area (TPSA) is 118 Å². The molecule has 142 valence electrons. The van der Waals surface area contributed by atoms with Gasteiger partial charge in [0.1, 0.15) is 0 Å². The summed E-state index contributed by atoms with van der Waals surface area (Å²) in [5.41, 5.74) is 7.85. The first-order valence-electron chi connectivity index (χ1n) is 8.44. The Morgan fingerprint density at radius 1 is 1.31 bits per heavy atom. The fourth-order valence-electron chi connectivity index (χ4n) is 2.95. The van der Waals surface area contributed by atoms with Crippen LogP contribution in [0.5, 0.6) is 0 Å². The molecule has 0 saturated carbocycles. The average Bonchev–Trinajstić information content (AvgIpc) is 2.54. The molecule has 0 heterocycles. The van der Waals surface area contributed by atoms with Gasteiger partial charge in [-0.2, -0.15) is 0 Å². The highest BCUT2D eigenvalue weighted by molar-refractivity contribution is 7.25. The maximum Gasteiger partial charge on any atom is 0.310 e. The molecule has 26 heavy (non-hydrogen) atoms. The molecular formula is C19H26NO5P. The zero-order valence-corrected chi connectivity index (χ0v) is 16.2. The van der Waals surface area contributed by atoms with Crippen molar-refractivity contribution in [2.45, 2.75) is 51.3 Å². The second kappa shape index (κ2) is 9.60. The van der Waals surface area contributed by atoms with E-state index in [9.17, 15) is 24.4 Å². The van der Waals surface area contributed by atoms with Gasteiger partial charge in [0, 0.05) is 12.8 Å². The van der Waals surface area contributed by atoms with Gasteiger partial charge >= 0.3 is 5.97 Å². The molecule has 0 aliphatic heterocycles. The predicted molar refractivity (Wildman–Crippen MR) is 101 cm³/mol. The largest absolute Gasteiger partial charge is 0.481 e. The van der Waals surface area contributed by atoms with Crippen molar-refractivity contribution in [2.75, 3.05) is 0 Å². The Morgan fingerprint density at radius 2 is 1.92 bits per heavy atom. The minimum absolute atomic E-state index is 0.0970. The Labute approximate surface area is 155 Å². The lowest BCUT2D eigenvalue weighted by molar-refractivity contribution is -0.147. The molecule has 1 rings (SSSR count). The summed E-state index contributed by atoms with van der Waals surface area (Å²) in [6.45, 7) is 5.89. The quantitative estimate of drug-likeness (QED) is 0.537. The van der Waals surface area contributed by atoms with Crippen molar-refractivity contribution in [3.8, 4) is 0 Å². The van der Waals surface area contributed by atoms with Crippen molar-refractivity contribution in [1.29, 1.82) is 0 Å². The Bertz CT molecular complexity index is 701. The summed E-state index contributed by atoms with van der Waals surface area (Å²) in [7, 11) is -0.701. The number of carbonyl (C=O) groups is 2. The summed E-state index contributed by atoms with van der Waals surface area (Å²) in [6.07, 6.45) is 1.39. The summed E-state index contributed by atoms with van der Waals surface area (Å²) >= 11 is 0. The maximum atomic E-state index is 11.6. The number of hydrogen-bond donors (Lipinski definition) is 3. The molecule has 1 aromatic rings. The SMILES string of the molecule is C/C(=C\c1ccccc1C(C)C)CC(O)(P=O)C(CCC(N)=O)C(=O)O. The highest BCUT2D eigenvalue weighted by Gasteiger charge is 2.42. The molecule has 1 aromatic carbocycles. The molecule has 0 spiro atoms. The van der Waals surface area contributed by atoms with Crippen molar-refractivity contribution in [3.05, 3.63) is 41.0 Å². The number of amides is 1. The number of rotatable bonds is 10. The molecule has 6 nitrogen and oxygen atoms in total. The smallest absolute Gasteiger partial charge is 0.310 e. The number of nitrogens with two attached hydrogens (primary N) is 1. The molecule has 0 aliphatic rings. The third kappa shape index (κ3) is 6.04. The van der Waals surface area contributed by atoms with Gasteiger partial charge in [0.2, 0.25) is 5.91 Å². The van der Waals surface area contributed by atoms with Gasteiger partial charge in [0.05, 0.1) is 5.92 Å². The van der Waals surface area contributed by atoms with Crippen LogP contribution < -0.4 is 5.73 Å². The lowest BCUT2D eigenvalue weighted by atomic mass is 9.90. The van der Waals surface area contributed by atoms with E-state index in [0.717, 1.165) is 11.1 Å². The third-order valence-corrected chi connectivity index (χ3v) is 5.04. The predicted octanol–water partition coefficient (Wildman–Crippen LogP) is 3.55. The minimum Gasteiger partial charge on any atom is -0.481 e. The van der Waals surface area contributed by atoms with E-state index in [1.807, 2.05) is 30.3 Å². The number of aliphatic carboxylic acids is 1. The Balaban J connectivity index is 3.12. The van der Waals surface area contributed by atoms with Crippen LogP contribution in [0.25, 0.3) is 6.08 Å². The maximum absolute atomic E-state index is 11.6. The number of carboxylic acid groups (broad SMARTS) is 1. The Kier molecular flexibility index (Phi) is 8.12. The van der Waals surface area contributed by atoms with E-state index in [0.29, 0.717) is 11.5 Å². The van der Waals surface area contributed by atoms with Crippen molar-refractivity contribution in [1.82, 2.24) is 0 Å². The molecule has 0 radical (unpaired) electrons. The second-order valence-electron chi connectivity index (χ2n) is 6.82. The van der Waals surface area contributed by atoms with Crippen LogP contribution in [0.1, 0.15) is 57.1 Å². The number of hydrogen-bond acceptors (Lipinski definition) is 4. The van der Waals surface area contributed by atoms with Crippen LogP contribution in [-0.2, 0) is 14.2 Å². The van der Waals surface area contributed by atoms with E-state index in [4.69, 9.17) is 5.73 Å². The van der Waals surface area contributed by atoms with Gasteiger partial charge in [0.15, 0.2) is 13.8 Å². The minimum atomic E-state index is -2.01. The van der Waals surface area contributed by atoms with Gasteiger partial charge in [-0.05, 0) is 30.4 Å². The van der Waals surface area contributed by atoms with Gasteiger partial charge in [-0.3, -0.25) is 14.2 Å². The standard InChI is InChI=1S/C19H26NO5P/c1-12(2)15-7-5-4-6-14(15)10-13(3)11-19(24,26-25)16(18(22)23)8-9-17(20)21/h4-7,10,12,16,24H,8-9,11H2,1-3H3,(H2,20,21)(H,22,23)/b13-10+.